The molecule has 0 radical (unpaired) electrons. The molecule has 0 aromatic heterocycles. The lowest BCUT2D eigenvalue weighted by molar-refractivity contribution is -0.138. The second-order valence-electron chi connectivity index (χ2n) is 4.95. The fraction of sp³-hybridized carbons (Fsp3) is 0.286. The number of benzene rings is 1. The number of carboxylic acid groups (broad SMARTS) is 1. The first-order valence-electron chi connectivity index (χ1n) is 7.34. The molecular formula is C14H16BN3O6S. The van der Waals surface area contributed by atoms with E-state index in [4.69, 9.17) is 9.84 Å². The number of amidine groups is 1. The van der Waals surface area contributed by atoms with Gasteiger partial charge in [0.05, 0.1) is 19.2 Å². The quantitative estimate of drug-likeness (QED) is 0.281. The minimum absolute atomic E-state index is 0.198. The molecule has 0 bridgehead atoms. The van der Waals surface area contributed by atoms with Gasteiger partial charge in [-0.2, -0.15) is 5.10 Å². The Hall–Kier alpha value is -2.37. The third kappa shape index (κ3) is 5.31. The van der Waals surface area contributed by atoms with Crippen LogP contribution in [0, 0.1) is 0 Å². The summed E-state index contributed by atoms with van der Waals surface area (Å²) in [6, 6.07) is 4.74. The number of carbonyl (C=O) groups is 2. The van der Waals surface area contributed by atoms with Crippen LogP contribution in [0.1, 0.15) is 18.9 Å². The highest BCUT2D eigenvalue weighted by molar-refractivity contribution is 8.15. The molecule has 0 aliphatic carbocycles. The Bertz CT molecular complexity index is 725. The van der Waals surface area contributed by atoms with Gasteiger partial charge in [0.2, 0.25) is 5.91 Å². The summed E-state index contributed by atoms with van der Waals surface area (Å²) in [5.74, 6) is -1.13. The fourth-order valence-electron chi connectivity index (χ4n) is 2.03. The molecule has 1 aliphatic heterocycles. The molecular weight excluding hydrogens is 349 g/mol. The maximum Gasteiger partial charge on any atom is 0.492 e. The molecule has 9 nitrogen and oxygen atoms in total. The number of carbonyl (C=O) groups excluding carboxylic acids is 1. The van der Waals surface area contributed by atoms with E-state index in [1.807, 2.05) is 0 Å². The molecule has 1 aromatic rings. The molecule has 132 valence electrons. The van der Waals surface area contributed by atoms with Crippen molar-refractivity contribution in [1.82, 2.24) is 5.32 Å². The zero-order valence-corrected chi connectivity index (χ0v) is 14.1. The third-order valence-corrected chi connectivity index (χ3v) is 4.18. The number of hydrogen-bond donors (Lipinski definition) is 4. The minimum atomic E-state index is -1.69. The number of nitrogens with zero attached hydrogens (tertiary/aromatic N) is 2. The van der Waals surface area contributed by atoms with Crippen LogP contribution in [-0.2, 0) is 9.59 Å². The molecule has 1 atom stereocenters. The molecule has 1 amide bonds. The van der Waals surface area contributed by atoms with Crippen LogP contribution < -0.4 is 15.5 Å². The lowest BCUT2D eigenvalue weighted by Gasteiger charge is -2.09. The summed E-state index contributed by atoms with van der Waals surface area (Å²) >= 11 is 0.994. The van der Waals surface area contributed by atoms with Crippen molar-refractivity contribution in [3.63, 3.8) is 0 Å². The minimum Gasteiger partial charge on any atom is -0.494 e. The Morgan fingerprint density at radius 1 is 1.48 bits per heavy atom. The summed E-state index contributed by atoms with van der Waals surface area (Å²) < 4.78 is 5.30. The average molecular weight is 365 g/mol. The topological polar surface area (TPSA) is 141 Å². The Balaban J connectivity index is 2.08. The highest BCUT2D eigenvalue weighted by Crippen LogP contribution is 2.22. The van der Waals surface area contributed by atoms with Crippen molar-refractivity contribution in [1.29, 1.82) is 0 Å². The molecule has 1 fully saturated rings. The first-order chi connectivity index (χ1) is 11.9. The fourth-order valence-corrected chi connectivity index (χ4v) is 2.94. The molecule has 1 heterocycles. The number of amides is 1. The molecule has 11 heteroatoms. The van der Waals surface area contributed by atoms with Crippen molar-refractivity contribution in [2.75, 3.05) is 6.61 Å². The Morgan fingerprint density at radius 2 is 2.24 bits per heavy atom. The van der Waals surface area contributed by atoms with Gasteiger partial charge in [-0.25, -0.2) is 0 Å². The van der Waals surface area contributed by atoms with Gasteiger partial charge in [0.25, 0.3) is 0 Å². The molecule has 0 spiro atoms. The number of aliphatic carboxylic acids is 1. The highest BCUT2D eigenvalue weighted by Gasteiger charge is 2.32. The van der Waals surface area contributed by atoms with Gasteiger partial charge in [-0.3, -0.25) is 9.59 Å². The average Bonchev–Trinajstić information content (AvgIpc) is 2.88. The number of nitrogens with one attached hydrogen (secondary N) is 1. The van der Waals surface area contributed by atoms with Crippen molar-refractivity contribution in [2.45, 2.75) is 18.6 Å². The van der Waals surface area contributed by atoms with Crippen molar-refractivity contribution in [2.24, 2.45) is 10.2 Å². The van der Waals surface area contributed by atoms with Gasteiger partial charge in [-0.1, -0.05) is 11.8 Å². The lowest BCUT2D eigenvalue weighted by atomic mass is 9.79. The molecule has 4 N–H and O–H groups in total. The second kappa shape index (κ2) is 8.65. The summed E-state index contributed by atoms with van der Waals surface area (Å²) in [6.07, 6.45) is 1.07. The van der Waals surface area contributed by atoms with Crippen LogP contribution in [0.4, 0.5) is 0 Å². The number of ether oxygens (including phenoxy) is 1. The zero-order valence-electron chi connectivity index (χ0n) is 13.2. The lowest BCUT2D eigenvalue weighted by Crippen LogP contribution is -2.31. The first kappa shape index (κ1) is 19.0. The van der Waals surface area contributed by atoms with E-state index in [-0.39, 0.29) is 17.1 Å². The summed E-state index contributed by atoms with van der Waals surface area (Å²) in [4.78, 5) is 22.2. The van der Waals surface area contributed by atoms with Crippen LogP contribution >= 0.6 is 11.8 Å². The molecule has 0 saturated carbocycles. The third-order valence-electron chi connectivity index (χ3n) is 3.10. The van der Waals surface area contributed by atoms with E-state index in [0.717, 1.165) is 11.8 Å². The predicted molar refractivity (Wildman–Crippen MR) is 94.2 cm³/mol. The van der Waals surface area contributed by atoms with E-state index in [0.29, 0.717) is 17.9 Å². The summed E-state index contributed by atoms with van der Waals surface area (Å²) in [7, 11) is -1.69. The van der Waals surface area contributed by atoms with E-state index < -0.39 is 24.2 Å². The van der Waals surface area contributed by atoms with Crippen LogP contribution in [-0.4, -0.2) is 57.4 Å². The number of carboxylic acids is 1. The monoisotopic (exact) mass is 365 g/mol. The molecule has 2 rings (SSSR count). The van der Waals surface area contributed by atoms with Gasteiger partial charge in [0, 0.05) is 5.46 Å². The second-order valence-corrected chi connectivity index (χ2v) is 6.14. The summed E-state index contributed by atoms with van der Waals surface area (Å²) in [5, 5.41) is 37.1. The van der Waals surface area contributed by atoms with Crippen LogP contribution in [0.25, 0.3) is 0 Å². The SMILES string of the molecule is CCOc1ccc(C=NN=C2NC(=O)C(CC(=O)O)S2)cc1B(O)O. The van der Waals surface area contributed by atoms with Gasteiger partial charge in [-0.05, 0) is 30.7 Å². The molecule has 1 unspecified atom stereocenters. The van der Waals surface area contributed by atoms with Gasteiger partial charge in [0.1, 0.15) is 11.0 Å². The van der Waals surface area contributed by atoms with E-state index >= 15 is 0 Å². The van der Waals surface area contributed by atoms with Crippen molar-refractivity contribution in [3.05, 3.63) is 23.8 Å². The number of rotatable bonds is 7. The van der Waals surface area contributed by atoms with E-state index in [1.54, 1.807) is 19.1 Å². The van der Waals surface area contributed by atoms with Crippen molar-refractivity contribution < 1.29 is 29.5 Å². The normalized spacial score (nSPS) is 18.6. The van der Waals surface area contributed by atoms with Crippen LogP contribution in [0.3, 0.4) is 0 Å². The van der Waals surface area contributed by atoms with Gasteiger partial charge in [0.15, 0.2) is 5.17 Å². The maximum absolute atomic E-state index is 11.6. The van der Waals surface area contributed by atoms with Crippen molar-refractivity contribution in [3.8, 4) is 5.75 Å². The van der Waals surface area contributed by atoms with E-state index in [1.165, 1.54) is 12.3 Å². The molecule has 1 aliphatic rings. The van der Waals surface area contributed by atoms with Crippen molar-refractivity contribution >= 4 is 47.6 Å². The van der Waals surface area contributed by atoms with Crippen LogP contribution in [0.15, 0.2) is 28.4 Å². The first-order valence-corrected chi connectivity index (χ1v) is 8.22. The molecule has 1 aromatic carbocycles. The highest BCUT2D eigenvalue weighted by atomic mass is 32.2. The summed E-state index contributed by atoms with van der Waals surface area (Å²) in [5.41, 5.74) is 0.746. The van der Waals surface area contributed by atoms with Crippen LogP contribution in [0.2, 0.25) is 0 Å². The number of hydrogen-bond acceptors (Lipinski definition) is 8. The largest absolute Gasteiger partial charge is 0.494 e. The standard InChI is InChI=1S/C14H16BN3O6S/c1-2-24-10-4-3-8(5-9(10)15(22)23)7-16-18-14-17-13(21)11(25-14)6-12(19)20/h3-5,7,11,22-23H,2,6H2,1H3,(H,19,20)(H,17,18,21). The molecule has 25 heavy (non-hydrogen) atoms. The zero-order chi connectivity index (χ0) is 18.4. The van der Waals surface area contributed by atoms with E-state index in [2.05, 4.69) is 15.5 Å². The Labute approximate surface area is 147 Å². The Morgan fingerprint density at radius 3 is 2.88 bits per heavy atom. The predicted octanol–water partition coefficient (Wildman–Crippen LogP) is -0.839. The van der Waals surface area contributed by atoms with Gasteiger partial charge in [-0.15, -0.1) is 5.10 Å². The van der Waals surface area contributed by atoms with Crippen LogP contribution in [0.5, 0.6) is 5.75 Å². The van der Waals surface area contributed by atoms with Gasteiger partial charge < -0.3 is 25.2 Å². The molecule has 1 saturated heterocycles. The van der Waals surface area contributed by atoms with E-state index in [9.17, 15) is 19.6 Å². The Kier molecular flexibility index (Phi) is 6.56. The number of thioether (sulfide) groups is 1. The summed E-state index contributed by atoms with van der Waals surface area (Å²) in [6.45, 7) is 2.17. The smallest absolute Gasteiger partial charge is 0.492 e. The van der Waals surface area contributed by atoms with Gasteiger partial charge >= 0.3 is 13.1 Å². The maximum atomic E-state index is 11.6.